The monoisotopic (exact) mass is 311 g/mol. The van der Waals surface area contributed by atoms with Gasteiger partial charge >= 0.3 is 0 Å². The molecule has 1 heterocycles. The Morgan fingerprint density at radius 3 is 2.27 bits per heavy atom. The zero-order valence-corrected chi connectivity index (χ0v) is 14.9. The number of hydroxylamine groups is 2. The summed E-state index contributed by atoms with van der Waals surface area (Å²) in [7, 11) is 0.706. The fourth-order valence-electron chi connectivity index (χ4n) is 3.33. The lowest BCUT2D eigenvalue weighted by Gasteiger charge is -2.26. The second-order valence-electron chi connectivity index (χ2n) is 7.14. The van der Waals surface area contributed by atoms with Crippen molar-refractivity contribution in [3.63, 3.8) is 0 Å². The second-order valence-corrected chi connectivity index (χ2v) is 12.2. The minimum atomic E-state index is -1.36. The average Bonchev–Trinajstić information content (AvgIpc) is 2.89. The van der Waals surface area contributed by atoms with Crippen molar-refractivity contribution in [2.45, 2.75) is 38.2 Å². The van der Waals surface area contributed by atoms with Crippen LogP contribution in [-0.4, -0.2) is 20.2 Å². The van der Waals surface area contributed by atoms with E-state index in [1.54, 1.807) is 5.19 Å². The molecule has 0 N–H and O–H groups in total. The Bertz CT molecular complexity index is 635. The van der Waals surface area contributed by atoms with Gasteiger partial charge in [0.25, 0.3) is 0 Å². The van der Waals surface area contributed by atoms with Crippen LogP contribution in [0.15, 0.2) is 54.6 Å². The van der Waals surface area contributed by atoms with Crippen molar-refractivity contribution in [2.75, 3.05) is 7.05 Å². The molecule has 0 radical (unpaired) electrons. The summed E-state index contributed by atoms with van der Waals surface area (Å²) in [6.45, 7) is 7.24. The van der Waals surface area contributed by atoms with Crippen LogP contribution >= 0.6 is 0 Å². The van der Waals surface area contributed by atoms with Gasteiger partial charge in [0, 0.05) is 13.5 Å². The van der Waals surface area contributed by atoms with Gasteiger partial charge in [-0.25, -0.2) is 0 Å². The Kier molecular flexibility index (Phi) is 4.21. The summed E-state index contributed by atoms with van der Waals surface area (Å²) in [4.78, 5) is 6.13. The van der Waals surface area contributed by atoms with Crippen LogP contribution in [-0.2, 0) is 4.84 Å². The Hall–Kier alpha value is -1.42. The number of nitrogens with zero attached hydrogens (tertiary/aromatic N) is 1. The molecule has 3 heteroatoms. The van der Waals surface area contributed by atoms with E-state index in [9.17, 15) is 0 Å². The minimum Gasteiger partial charge on any atom is -0.291 e. The molecule has 1 aliphatic rings. The van der Waals surface area contributed by atoms with Gasteiger partial charge in [-0.05, 0) is 11.1 Å². The van der Waals surface area contributed by atoms with Gasteiger partial charge in [0.2, 0.25) is 0 Å². The normalized spacial score (nSPS) is 22.9. The van der Waals surface area contributed by atoms with Gasteiger partial charge in [-0.2, -0.15) is 5.06 Å². The first kappa shape index (κ1) is 15.5. The van der Waals surface area contributed by atoms with Crippen LogP contribution in [0.25, 0.3) is 0 Å². The number of hydrogen-bond acceptors (Lipinski definition) is 2. The highest BCUT2D eigenvalue weighted by Gasteiger charge is 2.35. The fraction of sp³-hybridized carbons (Fsp3) is 0.368. The van der Waals surface area contributed by atoms with Crippen LogP contribution in [0.5, 0.6) is 0 Å². The summed E-state index contributed by atoms with van der Waals surface area (Å²) in [6.07, 6.45) is 1.17. The van der Waals surface area contributed by atoms with Gasteiger partial charge in [0.15, 0.2) is 0 Å². The molecule has 0 unspecified atom stereocenters. The molecule has 1 aliphatic heterocycles. The molecule has 3 rings (SSSR count). The first-order chi connectivity index (χ1) is 10.5. The Labute approximate surface area is 134 Å². The summed E-state index contributed by atoms with van der Waals surface area (Å²) in [6, 6.07) is 19.8. The van der Waals surface area contributed by atoms with Crippen LogP contribution in [0.1, 0.15) is 29.7 Å². The molecule has 0 spiro atoms. The molecule has 0 saturated carbocycles. The molecule has 2 nitrogen and oxygen atoms in total. The average molecular weight is 312 g/mol. The standard InChI is InChI=1S/C19H25NOSi/c1-20-17(14-18(21-20)15-10-6-5-7-11-15)16-12-8-9-13-19(16)22(2,3)4/h5-13,17-18H,14H2,1-4H3/t17-,18+/m1/s1. The molecular formula is C19H25NOSi. The van der Waals surface area contributed by atoms with Gasteiger partial charge in [-0.3, -0.25) is 4.84 Å². The van der Waals surface area contributed by atoms with Gasteiger partial charge in [0.1, 0.15) is 6.10 Å². The van der Waals surface area contributed by atoms with Gasteiger partial charge in [0.05, 0.1) is 14.1 Å². The van der Waals surface area contributed by atoms with E-state index in [1.807, 2.05) is 0 Å². The summed E-state index contributed by atoms with van der Waals surface area (Å²) in [5.74, 6) is 0. The van der Waals surface area contributed by atoms with E-state index in [4.69, 9.17) is 4.84 Å². The third-order valence-corrected chi connectivity index (χ3v) is 6.54. The van der Waals surface area contributed by atoms with Crippen LogP contribution in [0.2, 0.25) is 19.6 Å². The SMILES string of the molecule is CN1O[C@H](c2ccccc2)C[C@@H]1c1ccccc1[Si](C)(C)C. The van der Waals surface area contributed by atoms with E-state index >= 15 is 0 Å². The Morgan fingerprint density at radius 2 is 1.59 bits per heavy atom. The predicted octanol–water partition coefficient (Wildman–Crippen LogP) is 4.28. The van der Waals surface area contributed by atoms with E-state index in [2.05, 4.69) is 86.3 Å². The van der Waals surface area contributed by atoms with Crippen molar-refractivity contribution < 1.29 is 4.84 Å². The lowest BCUT2D eigenvalue weighted by molar-refractivity contribution is -0.145. The number of rotatable bonds is 3. The predicted molar refractivity (Wildman–Crippen MR) is 94.8 cm³/mol. The maximum Gasteiger partial charge on any atom is 0.106 e. The summed E-state index contributed by atoms with van der Waals surface area (Å²) >= 11 is 0. The fourth-order valence-corrected chi connectivity index (χ4v) is 5.04. The first-order valence-electron chi connectivity index (χ1n) is 8.01. The van der Waals surface area contributed by atoms with Crippen molar-refractivity contribution in [2.24, 2.45) is 0 Å². The van der Waals surface area contributed by atoms with E-state index in [1.165, 1.54) is 11.1 Å². The summed E-state index contributed by atoms with van der Waals surface area (Å²) in [5, 5.41) is 3.60. The van der Waals surface area contributed by atoms with Crippen molar-refractivity contribution in [1.29, 1.82) is 0 Å². The summed E-state index contributed by atoms with van der Waals surface area (Å²) in [5.41, 5.74) is 2.71. The topological polar surface area (TPSA) is 12.5 Å². The lowest BCUT2D eigenvalue weighted by atomic mass is 9.98. The third kappa shape index (κ3) is 3.02. The molecule has 116 valence electrons. The highest BCUT2D eigenvalue weighted by atomic mass is 28.3. The molecule has 0 bridgehead atoms. The maximum absolute atomic E-state index is 6.13. The molecule has 0 amide bonds. The minimum absolute atomic E-state index is 0.158. The van der Waals surface area contributed by atoms with Crippen LogP contribution in [0.3, 0.4) is 0 Å². The van der Waals surface area contributed by atoms with Crippen molar-refractivity contribution >= 4 is 13.3 Å². The molecule has 22 heavy (non-hydrogen) atoms. The van der Waals surface area contributed by atoms with Crippen LogP contribution in [0, 0.1) is 0 Å². The second kappa shape index (κ2) is 5.99. The third-order valence-electron chi connectivity index (χ3n) is 4.47. The first-order valence-corrected chi connectivity index (χ1v) is 11.5. The van der Waals surface area contributed by atoms with E-state index in [-0.39, 0.29) is 6.10 Å². The number of hydrogen-bond donors (Lipinski definition) is 0. The molecule has 1 fully saturated rings. The van der Waals surface area contributed by atoms with E-state index in [0.717, 1.165) is 6.42 Å². The van der Waals surface area contributed by atoms with Crippen molar-refractivity contribution in [3.8, 4) is 0 Å². The number of benzene rings is 2. The molecule has 2 aromatic carbocycles. The molecule has 0 aromatic heterocycles. The van der Waals surface area contributed by atoms with Crippen LogP contribution < -0.4 is 5.19 Å². The smallest absolute Gasteiger partial charge is 0.106 e. The Balaban J connectivity index is 1.91. The zero-order valence-electron chi connectivity index (χ0n) is 13.9. The Morgan fingerprint density at radius 1 is 0.955 bits per heavy atom. The molecule has 2 atom stereocenters. The lowest BCUT2D eigenvalue weighted by Crippen LogP contribution is -2.41. The van der Waals surface area contributed by atoms with Crippen molar-refractivity contribution in [1.82, 2.24) is 5.06 Å². The van der Waals surface area contributed by atoms with Crippen LogP contribution in [0.4, 0.5) is 0 Å². The summed E-state index contributed by atoms with van der Waals surface area (Å²) < 4.78 is 0. The highest BCUT2D eigenvalue weighted by molar-refractivity contribution is 6.89. The van der Waals surface area contributed by atoms with Gasteiger partial charge in [-0.1, -0.05) is 79.4 Å². The maximum atomic E-state index is 6.13. The molecule has 0 aliphatic carbocycles. The van der Waals surface area contributed by atoms with E-state index in [0.29, 0.717) is 6.04 Å². The van der Waals surface area contributed by atoms with E-state index < -0.39 is 8.07 Å². The van der Waals surface area contributed by atoms with Crippen molar-refractivity contribution in [3.05, 3.63) is 65.7 Å². The zero-order chi connectivity index (χ0) is 15.7. The highest BCUT2D eigenvalue weighted by Crippen LogP contribution is 2.40. The largest absolute Gasteiger partial charge is 0.291 e. The molecule has 2 aromatic rings. The van der Waals surface area contributed by atoms with Gasteiger partial charge < -0.3 is 0 Å². The molecule has 1 saturated heterocycles. The quantitative estimate of drug-likeness (QED) is 0.784. The van der Waals surface area contributed by atoms with Gasteiger partial charge in [-0.15, -0.1) is 0 Å². The molecular weight excluding hydrogens is 286 g/mol.